The molecule has 2 aromatic carbocycles. The van der Waals surface area contributed by atoms with Crippen LogP contribution in [0.2, 0.25) is 0 Å². The van der Waals surface area contributed by atoms with E-state index >= 15 is 0 Å². The van der Waals surface area contributed by atoms with Gasteiger partial charge in [-0.25, -0.2) is 19.9 Å². The molecule has 2 amide bonds. The average molecular weight is 604 g/mol. The molecule has 7 rings (SSSR count). The minimum atomic E-state index is -0.575. The van der Waals surface area contributed by atoms with Gasteiger partial charge in [-0.2, -0.15) is 0 Å². The first-order valence-corrected chi connectivity index (χ1v) is 15.1. The quantitative estimate of drug-likeness (QED) is 0.243. The van der Waals surface area contributed by atoms with E-state index in [2.05, 4.69) is 44.1 Å². The summed E-state index contributed by atoms with van der Waals surface area (Å²) in [4.78, 5) is 44.7. The Labute approximate surface area is 256 Å². The minimum absolute atomic E-state index is 0.100. The molecule has 6 aromatic rings. The molecule has 1 aliphatic heterocycles. The predicted octanol–water partition coefficient (Wildman–Crippen LogP) is 4.25. The van der Waals surface area contributed by atoms with Gasteiger partial charge in [0, 0.05) is 30.2 Å². The number of hydrogen-bond donors (Lipinski definition) is 3. The number of thiazole rings is 1. The van der Waals surface area contributed by atoms with Crippen molar-refractivity contribution >= 4 is 50.3 Å². The Morgan fingerprint density at radius 2 is 1.64 bits per heavy atom. The molecule has 11 nitrogen and oxygen atoms in total. The number of imidazole rings is 1. The van der Waals surface area contributed by atoms with Crippen LogP contribution in [0.1, 0.15) is 50.0 Å². The largest absolute Gasteiger partial charge is 0.383 e. The lowest BCUT2D eigenvalue weighted by molar-refractivity contribution is 0.0991. The summed E-state index contributed by atoms with van der Waals surface area (Å²) in [7, 11) is 0. The van der Waals surface area contributed by atoms with Gasteiger partial charge in [-0.15, -0.1) is 11.3 Å². The van der Waals surface area contributed by atoms with Crippen LogP contribution in [0.25, 0.3) is 38.5 Å². The smallest absolute Gasteiger partial charge is 0.277 e. The van der Waals surface area contributed by atoms with Gasteiger partial charge in [0.05, 0.1) is 15.8 Å². The first kappa shape index (κ1) is 27.6. The number of nitrogens with two attached hydrogens (primary N) is 3. The fraction of sp³-hybridized carbons (Fsp3) is 0.188. The lowest BCUT2D eigenvalue weighted by atomic mass is 9.85. The van der Waals surface area contributed by atoms with E-state index in [0.717, 1.165) is 65.2 Å². The molecule has 1 saturated heterocycles. The van der Waals surface area contributed by atoms with Crippen LogP contribution in [0.15, 0.2) is 73.1 Å². The van der Waals surface area contributed by atoms with Crippen LogP contribution in [0.5, 0.6) is 0 Å². The zero-order valence-electron chi connectivity index (χ0n) is 23.7. The van der Waals surface area contributed by atoms with E-state index in [9.17, 15) is 9.59 Å². The second-order valence-electron chi connectivity index (χ2n) is 10.9. The second-order valence-corrected chi connectivity index (χ2v) is 11.9. The number of anilines is 1. The van der Waals surface area contributed by atoms with Gasteiger partial charge in [-0.1, -0.05) is 12.1 Å². The molecule has 0 saturated carbocycles. The van der Waals surface area contributed by atoms with Crippen molar-refractivity contribution in [1.29, 1.82) is 0 Å². The Bertz CT molecular complexity index is 2040. The Hall–Kier alpha value is -5.20. The van der Waals surface area contributed by atoms with Gasteiger partial charge in [-0.3, -0.25) is 19.1 Å². The minimum Gasteiger partial charge on any atom is -0.383 e. The number of pyridine rings is 2. The van der Waals surface area contributed by atoms with Crippen LogP contribution in [0.4, 0.5) is 5.82 Å². The van der Waals surface area contributed by atoms with Gasteiger partial charge >= 0.3 is 0 Å². The molecule has 1 fully saturated rings. The standard InChI is InChI=1S/C32H29N9O2S/c33-27-22(3-1-13-36-27)30-38-23-4-2-14-37-31(23)41(30)20-7-5-18(6-8-20)17-40-15-11-19(12-16-40)25-21(28(34)42)9-10-24-26(25)39-32(44-24)29(35)43/h1-10,13-14,19H,11-12,15-17H2,(H2,33,36)(H2,34,42)(H2,35,43). The van der Waals surface area contributed by atoms with Crippen LogP contribution in [0.3, 0.4) is 0 Å². The van der Waals surface area contributed by atoms with E-state index in [-0.39, 0.29) is 10.9 Å². The Morgan fingerprint density at radius 3 is 2.36 bits per heavy atom. The summed E-state index contributed by atoms with van der Waals surface area (Å²) in [6.45, 7) is 2.47. The summed E-state index contributed by atoms with van der Waals surface area (Å²) in [5.74, 6) is 0.128. The molecule has 1 aliphatic rings. The third kappa shape index (κ3) is 4.93. The molecular weight excluding hydrogens is 574 g/mol. The number of hydrogen-bond acceptors (Lipinski definition) is 9. The number of carbonyl (C=O) groups excluding carboxylic acids is 2. The maximum atomic E-state index is 12.3. The van der Waals surface area contributed by atoms with Gasteiger partial charge in [0.1, 0.15) is 11.3 Å². The second kappa shape index (κ2) is 11.1. The summed E-state index contributed by atoms with van der Waals surface area (Å²) in [6, 6.07) is 19.5. The molecule has 6 N–H and O–H groups in total. The van der Waals surface area contributed by atoms with Gasteiger partial charge in [-0.05, 0) is 91.5 Å². The first-order valence-electron chi connectivity index (χ1n) is 14.3. The van der Waals surface area contributed by atoms with Crippen LogP contribution in [0, 0.1) is 0 Å². The maximum absolute atomic E-state index is 12.3. The topological polar surface area (TPSA) is 172 Å². The fourth-order valence-corrected chi connectivity index (χ4v) is 6.91. The zero-order chi connectivity index (χ0) is 30.4. The molecule has 0 atom stereocenters. The molecule has 220 valence electrons. The lowest BCUT2D eigenvalue weighted by Crippen LogP contribution is -2.33. The molecule has 0 unspecified atom stereocenters. The predicted molar refractivity (Wildman–Crippen MR) is 170 cm³/mol. The van der Waals surface area contributed by atoms with E-state index in [4.69, 9.17) is 22.2 Å². The highest BCUT2D eigenvalue weighted by Gasteiger charge is 2.28. The van der Waals surface area contributed by atoms with Gasteiger partial charge in [0.25, 0.3) is 5.91 Å². The van der Waals surface area contributed by atoms with Crippen LogP contribution in [-0.4, -0.2) is 54.3 Å². The molecule has 44 heavy (non-hydrogen) atoms. The van der Waals surface area contributed by atoms with Gasteiger partial charge in [0.15, 0.2) is 16.5 Å². The number of amides is 2. The number of fused-ring (bicyclic) bond motifs is 2. The SMILES string of the molecule is NC(=O)c1nc2c(C3CCN(Cc4ccc(-n5c(-c6cccnc6N)nc6cccnc65)cc4)CC3)c(C(N)=O)ccc2s1. The van der Waals surface area contributed by atoms with Crippen molar-refractivity contribution in [3.05, 3.63) is 94.8 Å². The van der Waals surface area contributed by atoms with Crippen LogP contribution < -0.4 is 17.2 Å². The summed E-state index contributed by atoms with van der Waals surface area (Å²) in [5.41, 5.74) is 23.8. The number of rotatable bonds is 7. The number of likely N-dealkylation sites (tertiary alicyclic amines) is 1. The van der Waals surface area contributed by atoms with Crippen molar-refractivity contribution < 1.29 is 9.59 Å². The van der Waals surface area contributed by atoms with Crippen LogP contribution in [-0.2, 0) is 6.54 Å². The summed E-state index contributed by atoms with van der Waals surface area (Å²) < 4.78 is 2.84. The Kier molecular flexibility index (Phi) is 6.99. The summed E-state index contributed by atoms with van der Waals surface area (Å²) in [6.07, 6.45) is 5.09. The Morgan fingerprint density at radius 1 is 0.886 bits per heavy atom. The van der Waals surface area contributed by atoms with Crippen molar-refractivity contribution in [2.75, 3.05) is 18.8 Å². The number of piperidine rings is 1. The monoisotopic (exact) mass is 603 g/mol. The van der Waals surface area contributed by atoms with Crippen molar-refractivity contribution in [3.8, 4) is 17.1 Å². The molecule has 0 aliphatic carbocycles. The van der Waals surface area contributed by atoms with E-state index < -0.39 is 11.8 Å². The number of benzene rings is 2. The summed E-state index contributed by atoms with van der Waals surface area (Å²) in [5, 5.41) is 0.235. The molecule has 4 aromatic heterocycles. The van der Waals surface area contributed by atoms with E-state index in [1.165, 1.54) is 16.9 Å². The first-order chi connectivity index (χ1) is 21.4. The van der Waals surface area contributed by atoms with Crippen molar-refractivity contribution in [1.82, 2.24) is 29.4 Å². The van der Waals surface area contributed by atoms with E-state index in [1.807, 2.05) is 28.8 Å². The molecule has 0 spiro atoms. The third-order valence-electron chi connectivity index (χ3n) is 8.17. The van der Waals surface area contributed by atoms with Crippen molar-refractivity contribution in [3.63, 3.8) is 0 Å². The lowest BCUT2D eigenvalue weighted by Gasteiger charge is -2.33. The number of aromatic nitrogens is 5. The third-order valence-corrected chi connectivity index (χ3v) is 9.20. The fourth-order valence-electron chi connectivity index (χ4n) is 6.08. The highest BCUT2D eigenvalue weighted by atomic mass is 32.1. The molecule has 0 radical (unpaired) electrons. The number of nitrogen functional groups attached to an aromatic ring is 1. The highest BCUT2D eigenvalue weighted by molar-refractivity contribution is 7.20. The van der Waals surface area contributed by atoms with Crippen molar-refractivity contribution in [2.24, 2.45) is 11.5 Å². The highest BCUT2D eigenvalue weighted by Crippen LogP contribution is 2.38. The number of nitrogens with zero attached hydrogens (tertiary/aromatic N) is 6. The molecule has 0 bridgehead atoms. The average Bonchev–Trinajstić information content (AvgIpc) is 3.64. The van der Waals surface area contributed by atoms with Gasteiger partial charge in [0.2, 0.25) is 5.91 Å². The molecular formula is C32H29N9O2S. The normalized spacial score (nSPS) is 14.4. The van der Waals surface area contributed by atoms with Gasteiger partial charge < -0.3 is 17.2 Å². The van der Waals surface area contributed by atoms with E-state index in [0.29, 0.717) is 22.7 Å². The van der Waals surface area contributed by atoms with Crippen molar-refractivity contribution in [2.45, 2.75) is 25.3 Å². The van der Waals surface area contributed by atoms with E-state index in [1.54, 1.807) is 24.5 Å². The molecule has 5 heterocycles. The summed E-state index contributed by atoms with van der Waals surface area (Å²) >= 11 is 1.24. The number of carbonyl (C=O) groups is 2. The molecule has 12 heteroatoms. The zero-order valence-corrected chi connectivity index (χ0v) is 24.5. The van der Waals surface area contributed by atoms with Crippen LogP contribution >= 0.6 is 11.3 Å². The maximum Gasteiger partial charge on any atom is 0.277 e. The Balaban J connectivity index is 1.11. The number of primary amides is 2.